The normalized spacial score (nSPS) is 11.6. The molecule has 0 atom stereocenters. The highest BCUT2D eigenvalue weighted by atomic mass is 35.5. The molecule has 0 aromatic heterocycles. The van der Waals surface area contributed by atoms with Crippen molar-refractivity contribution in [2.24, 2.45) is 0 Å². The second-order valence-electron chi connectivity index (χ2n) is 5.02. The third-order valence-corrected chi connectivity index (χ3v) is 3.23. The summed E-state index contributed by atoms with van der Waals surface area (Å²) >= 11 is 6.03. The van der Waals surface area contributed by atoms with E-state index in [4.69, 9.17) is 11.6 Å². The van der Waals surface area contributed by atoms with E-state index in [0.717, 1.165) is 18.4 Å². The third kappa shape index (κ3) is 4.27. The molecular formula is C13H19ClN2O2. The average molecular weight is 271 g/mol. The molecule has 1 aromatic rings. The molecule has 1 aromatic carbocycles. The van der Waals surface area contributed by atoms with Crippen molar-refractivity contribution in [1.29, 1.82) is 0 Å². The summed E-state index contributed by atoms with van der Waals surface area (Å²) in [6.07, 6.45) is 2.17. The Morgan fingerprint density at radius 3 is 2.61 bits per heavy atom. The first-order valence-corrected chi connectivity index (χ1v) is 6.41. The summed E-state index contributed by atoms with van der Waals surface area (Å²) in [5, 5.41) is 14.4. The van der Waals surface area contributed by atoms with Gasteiger partial charge in [0.25, 0.3) is 5.69 Å². The van der Waals surface area contributed by atoms with E-state index in [-0.39, 0.29) is 11.2 Å². The average Bonchev–Trinajstić information content (AvgIpc) is 2.27. The number of nitrogens with one attached hydrogen (secondary N) is 1. The molecule has 0 radical (unpaired) electrons. The van der Waals surface area contributed by atoms with Gasteiger partial charge >= 0.3 is 0 Å². The monoisotopic (exact) mass is 270 g/mol. The summed E-state index contributed by atoms with van der Waals surface area (Å²) < 4.78 is 0. The molecule has 1 N–H and O–H groups in total. The molecule has 0 heterocycles. The zero-order valence-corrected chi connectivity index (χ0v) is 11.8. The third-order valence-electron chi connectivity index (χ3n) is 2.88. The van der Waals surface area contributed by atoms with Crippen LogP contribution in [0, 0.1) is 10.1 Å². The quantitative estimate of drug-likeness (QED) is 0.630. The molecule has 100 valence electrons. The van der Waals surface area contributed by atoms with Gasteiger partial charge in [-0.05, 0) is 31.9 Å². The number of non-ortho nitro benzene ring substituents is 1. The lowest BCUT2D eigenvalue weighted by Gasteiger charge is -2.26. The standard InChI is InChI=1S/C13H19ClN2O2/c1-4-7-13(2,3)15-9-10-5-6-11(16(17)18)8-12(10)14/h5-6,8,15H,4,7,9H2,1-3H3. The first-order chi connectivity index (χ1) is 8.35. The minimum atomic E-state index is -0.440. The highest BCUT2D eigenvalue weighted by Gasteiger charge is 2.16. The second kappa shape index (κ2) is 6.16. The Morgan fingerprint density at radius 1 is 1.44 bits per heavy atom. The van der Waals surface area contributed by atoms with Crippen molar-refractivity contribution in [2.45, 2.75) is 45.7 Å². The minimum Gasteiger partial charge on any atom is -0.308 e. The van der Waals surface area contributed by atoms with Crippen LogP contribution >= 0.6 is 11.6 Å². The fourth-order valence-electron chi connectivity index (χ4n) is 1.84. The summed E-state index contributed by atoms with van der Waals surface area (Å²) in [4.78, 5) is 10.2. The van der Waals surface area contributed by atoms with Crippen LogP contribution in [0.1, 0.15) is 39.2 Å². The molecule has 0 saturated carbocycles. The largest absolute Gasteiger partial charge is 0.308 e. The van der Waals surface area contributed by atoms with Gasteiger partial charge in [0.15, 0.2) is 0 Å². The molecular weight excluding hydrogens is 252 g/mol. The van der Waals surface area contributed by atoms with E-state index in [1.54, 1.807) is 6.07 Å². The van der Waals surface area contributed by atoms with E-state index in [9.17, 15) is 10.1 Å². The van der Waals surface area contributed by atoms with Crippen molar-refractivity contribution in [3.05, 3.63) is 38.9 Å². The number of hydrogen-bond acceptors (Lipinski definition) is 3. The molecule has 0 aliphatic carbocycles. The lowest BCUT2D eigenvalue weighted by atomic mass is 9.98. The molecule has 5 heteroatoms. The van der Waals surface area contributed by atoms with Gasteiger partial charge in [-0.1, -0.05) is 24.9 Å². The van der Waals surface area contributed by atoms with Gasteiger partial charge in [-0.15, -0.1) is 0 Å². The maximum atomic E-state index is 10.6. The highest BCUT2D eigenvalue weighted by molar-refractivity contribution is 6.31. The van der Waals surface area contributed by atoms with Crippen molar-refractivity contribution in [2.75, 3.05) is 0 Å². The lowest BCUT2D eigenvalue weighted by molar-refractivity contribution is -0.384. The SMILES string of the molecule is CCCC(C)(C)NCc1ccc([N+](=O)[O-])cc1Cl. The molecule has 0 bridgehead atoms. The van der Waals surface area contributed by atoms with Gasteiger partial charge in [-0.25, -0.2) is 0 Å². The number of benzene rings is 1. The maximum absolute atomic E-state index is 10.6. The number of nitro groups is 1. The van der Waals surface area contributed by atoms with Crippen LogP contribution in [0.4, 0.5) is 5.69 Å². The van der Waals surface area contributed by atoms with Gasteiger partial charge in [0, 0.05) is 24.2 Å². The van der Waals surface area contributed by atoms with E-state index in [2.05, 4.69) is 26.1 Å². The molecule has 0 saturated heterocycles. The second-order valence-corrected chi connectivity index (χ2v) is 5.43. The molecule has 18 heavy (non-hydrogen) atoms. The van der Waals surface area contributed by atoms with Gasteiger partial charge in [0.05, 0.1) is 9.95 Å². The molecule has 0 spiro atoms. The fourth-order valence-corrected chi connectivity index (χ4v) is 2.08. The minimum absolute atomic E-state index is 0.0246. The van der Waals surface area contributed by atoms with Crippen LogP contribution in [-0.4, -0.2) is 10.5 Å². The number of halogens is 1. The Kier molecular flexibility index (Phi) is 5.11. The summed E-state index contributed by atoms with van der Waals surface area (Å²) in [5.41, 5.74) is 0.947. The maximum Gasteiger partial charge on any atom is 0.270 e. The number of rotatable bonds is 6. The zero-order chi connectivity index (χ0) is 13.8. The zero-order valence-electron chi connectivity index (χ0n) is 11.0. The summed E-state index contributed by atoms with van der Waals surface area (Å²) in [7, 11) is 0. The van der Waals surface area contributed by atoms with Gasteiger partial charge in [0.2, 0.25) is 0 Å². The Hall–Kier alpha value is -1.13. The van der Waals surface area contributed by atoms with Gasteiger partial charge in [-0.2, -0.15) is 0 Å². The highest BCUT2D eigenvalue weighted by Crippen LogP contribution is 2.23. The molecule has 4 nitrogen and oxygen atoms in total. The van der Waals surface area contributed by atoms with Crippen LogP contribution in [0.25, 0.3) is 0 Å². The molecule has 1 rings (SSSR count). The molecule has 0 aliphatic rings. The van der Waals surface area contributed by atoms with Crippen LogP contribution in [0.2, 0.25) is 5.02 Å². The predicted octanol–water partition coefficient (Wildman–Crippen LogP) is 3.92. The first-order valence-electron chi connectivity index (χ1n) is 6.03. The first kappa shape index (κ1) is 14.9. The lowest BCUT2D eigenvalue weighted by Crippen LogP contribution is -2.38. The number of hydrogen-bond donors (Lipinski definition) is 1. The Balaban J connectivity index is 2.71. The molecule has 0 unspecified atom stereocenters. The van der Waals surface area contributed by atoms with Gasteiger partial charge in [-0.3, -0.25) is 10.1 Å². The van der Waals surface area contributed by atoms with Crippen LogP contribution in [-0.2, 0) is 6.54 Å². The number of nitro benzene ring substituents is 1. The topological polar surface area (TPSA) is 55.2 Å². The van der Waals surface area contributed by atoms with Crippen LogP contribution in [0.15, 0.2) is 18.2 Å². The van der Waals surface area contributed by atoms with E-state index < -0.39 is 4.92 Å². The molecule has 0 fully saturated rings. The molecule has 0 amide bonds. The van der Waals surface area contributed by atoms with E-state index in [0.29, 0.717) is 11.6 Å². The van der Waals surface area contributed by atoms with Gasteiger partial charge in [0.1, 0.15) is 0 Å². The summed E-state index contributed by atoms with van der Waals surface area (Å²) in [5.74, 6) is 0. The van der Waals surface area contributed by atoms with E-state index in [1.165, 1.54) is 12.1 Å². The van der Waals surface area contributed by atoms with E-state index in [1.807, 2.05) is 0 Å². The van der Waals surface area contributed by atoms with Gasteiger partial charge < -0.3 is 5.32 Å². The van der Waals surface area contributed by atoms with Crippen LogP contribution in [0.5, 0.6) is 0 Å². The van der Waals surface area contributed by atoms with E-state index >= 15 is 0 Å². The van der Waals surface area contributed by atoms with Crippen LogP contribution < -0.4 is 5.32 Å². The van der Waals surface area contributed by atoms with Crippen molar-refractivity contribution < 1.29 is 4.92 Å². The fraction of sp³-hybridized carbons (Fsp3) is 0.538. The smallest absolute Gasteiger partial charge is 0.270 e. The number of nitrogens with zero attached hydrogens (tertiary/aromatic N) is 1. The van der Waals surface area contributed by atoms with Crippen molar-refractivity contribution in [3.8, 4) is 0 Å². The van der Waals surface area contributed by atoms with Crippen molar-refractivity contribution in [3.63, 3.8) is 0 Å². The molecule has 0 aliphatic heterocycles. The summed E-state index contributed by atoms with van der Waals surface area (Å²) in [6.45, 7) is 7.03. The van der Waals surface area contributed by atoms with Crippen LogP contribution in [0.3, 0.4) is 0 Å². The Morgan fingerprint density at radius 2 is 2.11 bits per heavy atom. The van der Waals surface area contributed by atoms with Crippen molar-refractivity contribution in [1.82, 2.24) is 5.32 Å². The Labute approximate surface area is 112 Å². The predicted molar refractivity (Wildman–Crippen MR) is 73.9 cm³/mol. The van der Waals surface area contributed by atoms with Crippen molar-refractivity contribution >= 4 is 17.3 Å². The summed E-state index contributed by atoms with van der Waals surface area (Å²) in [6, 6.07) is 4.58. The Bertz CT molecular complexity index is 433.